The molecule has 0 saturated carbocycles. The SMILES string of the molecule is CC(OC(=O)CCC(=O)c1cccs1)C(=O)Nc1ccc(OCc2ccccc2)cc1. The molecule has 31 heavy (non-hydrogen) atoms. The van der Waals surface area contributed by atoms with Crippen molar-refractivity contribution in [3.63, 3.8) is 0 Å². The fraction of sp³-hybridized carbons (Fsp3) is 0.208. The van der Waals surface area contributed by atoms with Gasteiger partial charge in [-0.1, -0.05) is 36.4 Å². The van der Waals surface area contributed by atoms with Crippen LogP contribution in [0.15, 0.2) is 72.1 Å². The van der Waals surface area contributed by atoms with Crippen LogP contribution in [0.25, 0.3) is 0 Å². The standard InChI is InChI=1S/C24H23NO5S/c1-17(30-23(27)14-13-21(26)22-8-5-15-31-22)24(28)25-19-9-11-20(12-10-19)29-16-18-6-3-2-4-7-18/h2-12,15,17H,13-14,16H2,1H3,(H,25,28). The predicted octanol–water partition coefficient (Wildman–Crippen LogP) is 4.86. The minimum Gasteiger partial charge on any atom is -0.489 e. The molecule has 0 fully saturated rings. The first-order valence-corrected chi connectivity index (χ1v) is 10.7. The Morgan fingerprint density at radius 2 is 1.68 bits per heavy atom. The van der Waals surface area contributed by atoms with E-state index in [2.05, 4.69) is 5.32 Å². The van der Waals surface area contributed by atoms with Gasteiger partial charge >= 0.3 is 5.97 Å². The van der Waals surface area contributed by atoms with Crippen molar-refractivity contribution < 1.29 is 23.9 Å². The van der Waals surface area contributed by atoms with Crippen LogP contribution >= 0.6 is 11.3 Å². The van der Waals surface area contributed by atoms with Gasteiger partial charge in [0.05, 0.1) is 11.3 Å². The van der Waals surface area contributed by atoms with Gasteiger partial charge in [-0.3, -0.25) is 14.4 Å². The molecule has 0 aliphatic carbocycles. The quantitative estimate of drug-likeness (QED) is 0.362. The number of hydrogen-bond donors (Lipinski definition) is 1. The number of nitrogens with one attached hydrogen (secondary N) is 1. The summed E-state index contributed by atoms with van der Waals surface area (Å²) >= 11 is 1.33. The van der Waals surface area contributed by atoms with Gasteiger partial charge in [-0.15, -0.1) is 11.3 Å². The number of benzene rings is 2. The minimum absolute atomic E-state index is 0.0537. The van der Waals surface area contributed by atoms with Crippen LogP contribution in [0.5, 0.6) is 5.75 Å². The lowest BCUT2D eigenvalue weighted by atomic mass is 10.2. The van der Waals surface area contributed by atoms with Crippen molar-refractivity contribution in [2.24, 2.45) is 0 Å². The summed E-state index contributed by atoms with van der Waals surface area (Å²) in [5.41, 5.74) is 1.63. The van der Waals surface area contributed by atoms with Crippen LogP contribution in [-0.4, -0.2) is 23.8 Å². The number of ketones is 1. The number of esters is 1. The Balaban J connectivity index is 1.41. The molecule has 0 bridgehead atoms. The molecule has 1 atom stereocenters. The highest BCUT2D eigenvalue weighted by Crippen LogP contribution is 2.18. The van der Waals surface area contributed by atoms with Gasteiger partial charge < -0.3 is 14.8 Å². The van der Waals surface area contributed by atoms with Gasteiger partial charge in [0.2, 0.25) is 0 Å². The molecular formula is C24H23NO5S. The zero-order valence-electron chi connectivity index (χ0n) is 17.1. The van der Waals surface area contributed by atoms with E-state index in [4.69, 9.17) is 9.47 Å². The highest BCUT2D eigenvalue weighted by molar-refractivity contribution is 7.12. The Morgan fingerprint density at radius 1 is 0.935 bits per heavy atom. The summed E-state index contributed by atoms with van der Waals surface area (Å²) in [4.78, 5) is 36.8. The van der Waals surface area contributed by atoms with Gasteiger partial charge in [0.15, 0.2) is 11.9 Å². The second kappa shape index (κ2) is 11.1. The third-order valence-electron chi connectivity index (χ3n) is 4.40. The summed E-state index contributed by atoms with van der Waals surface area (Å²) in [5.74, 6) is -0.469. The van der Waals surface area contributed by atoms with Crippen molar-refractivity contribution in [3.05, 3.63) is 82.6 Å². The Morgan fingerprint density at radius 3 is 2.35 bits per heavy atom. The van der Waals surface area contributed by atoms with Gasteiger partial charge in [-0.25, -0.2) is 0 Å². The number of hydrogen-bond acceptors (Lipinski definition) is 6. The van der Waals surface area contributed by atoms with Crippen LogP contribution in [0.1, 0.15) is 35.0 Å². The van der Waals surface area contributed by atoms with Crippen molar-refractivity contribution in [3.8, 4) is 5.75 Å². The monoisotopic (exact) mass is 437 g/mol. The Hall–Kier alpha value is -3.45. The second-order valence-corrected chi connectivity index (χ2v) is 7.77. The molecule has 1 unspecified atom stereocenters. The molecule has 1 heterocycles. The zero-order chi connectivity index (χ0) is 22.1. The topological polar surface area (TPSA) is 81.7 Å². The van der Waals surface area contributed by atoms with Crippen molar-refractivity contribution in [2.75, 3.05) is 5.32 Å². The maximum atomic E-state index is 12.3. The molecule has 0 spiro atoms. The lowest BCUT2D eigenvalue weighted by Gasteiger charge is -2.14. The number of anilines is 1. The van der Waals surface area contributed by atoms with Gasteiger partial charge in [-0.05, 0) is 48.2 Å². The maximum Gasteiger partial charge on any atom is 0.307 e. The molecule has 0 radical (unpaired) electrons. The van der Waals surface area contributed by atoms with Crippen molar-refractivity contribution in [1.82, 2.24) is 0 Å². The number of carbonyl (C=O) groups is 3. The van der Waals surface area contributed by atoms with Crippen LogP contribution in [0.2, 0.25) is 0 Å². The van der Waals surface area contributed by atoms with Crippen LogP contribution < -0.4 is 10.1 Å². The molecule has 2 aromatic carbocycles. The van der Waals surface area contributed by atoms with Crippen molar-refractivity contribution in [1.29, 1.82) is 0 Å². The summed E-state index contributed by atoms with van der Waals surface area (Å²) in [6, 6.07) is 20.3. The lowest BCUT2D eigenvalue weighted by molar-refractivity contribution is -0.153. The van der Waals surface area contributed by atoms with Crippen LogP contribution in [0.4, 0.5) is 5.69 Å². The van der Waals surface area contributed by atoms with Crippen molar-refractivity contribution in [2.45, 2.75) is 32.5 Å². The number of Topliss-reactive ketones (excluding diaryl/α,β-unsaturated/α-hetero) is 1. The normalized spacial score (nSPS) is 11.4. The van der Waals surface area contributed by atoms with E-state index in [1.807, 2.05) is 30.3 Å². The summed E-state index contributed by atoms with van der Waals surface area (Å²) in [6.07, 6.45) is -0.988. The first-order chi connectivity index (χ1) is 15.0. The third kappa shape index (κ3) is 7.08. The summed E-state index contributed by atoms with van der Waals surface area (Å²) in [5, 5.41) is 4.50. The molecule has 0 aliphatic heterocycles. The highest BCUT2D eigenvalue weighted by atomic mass is 32.1. The van der Waals surface area contributed by atoms with Crippen LogP contribution in [0, 0.1) is 0 Å². The minimum atomic E-state index is -0.974. The number of ether oxygens (including phenoxy) is 2. The summed E-state index contributed by atoms with van der Waals surface area (Å²) in [6.45, 7) is 1.94. The smallest absolute Gasteiger partial charge is 0.307 e. The molecule has 1 amide bonds. The molecular weight excluding hydrogens is 414 g/mol. The van der Waals surface area contributed by atoms with Crippen molar-refractivity contribution >= 4 is 34.7 Å². The van der Waals surface area contributed by atoms with E-state index in [9.17, 15) is 14.4 Å². The maximum absolute atomic E-state index is 12.3. The molecule has 3 rings (SSSR count). The molecule has 0 aliphatic rings. The van der Waals surface area contributed by atoms with Crippen LogP contribution in [-0.2, 0) is 20.9 Å². The predicted molar refractivity (Wildman–Crippen MR) is 119 cm³/mol. The number of amides is 1. The van der Waals surface area contributed by atoms with E-state index < -0.39 is 18.0 Å². The van der Waals surface area contributed by atoms with Gasteiger partial charge in [0, 0.05) is 12.1 Å². The largest absolute Gasteiger partial charge is 0.489 e. The molecule has 1 aromatic heterocycles. The fourth-order valence-corrected chi connectivity index (χ4v) is 3.40. The first kappa shape index (κ1) is 22.2. The van der Waals surface area contributed by atoms with E-state index in [-0.39, 0.29) is 18.6 Å². The van der Waals surface area contributed by atoms with E-state index in [1.165, 1.54) is 18.3 Å². The highest BCUT2D eigenvalue weighted by Gasteiger charge is 2.19. The molecule has 3 aromatic rings. The Labute approximate surface area is 184 Å². The molecule has 1 N–H and O–H groups in total. The van der Waals surface area contributed by atoms with Gasteiger partial charge in [-0.2, -0.15) is 0 Å². The van der Waals surface area contributed by atoms with E-state index >= 15 is 0 Å². The van der Waals surface area contributed by atoms with Crippen LogP contribution in [0.3, 0.4) is 0 Å². The average molecular weight is 438 g/mol. The third-order valence-corrected chi connectivity index (χ3v) is 5.31. The van der Waals surface area contributed by atoms with E-state index in [1.54, 1.807) is 41.8 Å². The number of carbonyl (C=O) groups excluding carboxylic acids is 3. The fourth-order valence-electron chi connectivity index (χ4n) is 2.70. The molecule has 7 heteroatoms. The lowest BCUT2D eigenvalue weighted by Crippen LogP contribution is -2.30. The average Bonchev–Trinajstić information content (AvgIpc) is 3.33. The van der Waals surface area contributed by atoms with E-state index in [0.717, 1.165) is 5.56 Å². The second-order valence-electron chi connectivity index (χ2n) is 6.82. The zero-order valence-corrected chi connectivity index (χ0v) is 17.9. The van der Waals surface area contributed by atoms with E-state index in [0.29, 0.717) is 22.9 Å². The van der Waals surface area contributed by atoms with Gasteiger partial charge in [0.1, 0.15) is 12.4 Å². The van der Waals surface area contributed by atoms with Gasteiger partial charge in [0.25, 0.3) is 5.91 Å². The molecule has 160 valence electrons. The number of rotatable bonds is 10. The Bertz CT molecular complexity index is 1000. The molecule has 6 nitrogen and oxygen atoms in total. The summed E-state index contributed by atoms with van der Waals surface area (Å²) < 4.78 is 10.9. The number of thiophene rings is 1. The summed E-state index contributed by atoms with van der Waals surface area (Å²) in [7, 11) is 0. The Kier molecular flexibility index (Phi) is 7.95. The molecule has 0 saturated heterocycles. The first-order valence-electron chi connectivity index (χ1n) is 9.85.